The van der Waals surface area contributed by atoms with Crippen molar-refractivity contribution < 1.29 is 38.9 Å². The average molecular weight is 789 g/mol. The Morgan fingerprint density at radius 1 is 0.959 bits per heavy atom. The van der Waals surface area contributed by atoms with Crippen LogP contribution in [0, 0.1) is 23.7 Å². The molecule has 250 valence electrons. The average Bonchev–Trinajstić information content (AvgIpc) is 3.36. The molecule has 49 heavy (non-hydrogen) atoms. The van der Waals surface area contributed by atoms with Crippen LogP contribution >= 0.6 is 31.9 Å². The van der Waals surface area contributed by atoms with Crippen molar-refractivity contribution in [1.82, 2.24) is 4.90 Å². The Hall–Kier alpha value is -4.35. The van der Waals surface area contributed by atoms with Gasteiger partial charge in [-0.2, -0.15) is 0 Å². The third kappa shape index (κ3) is 4.95. The number of ketones is 2. The molecular formula is C38H31Br2NO8. The summed E-state index contributed by atoms with van der Waals surface area (Å²) in [5.41, 5.74) is 1.33. The lowest BCUT2D eigenvalue weighted by molar-refractivity contribution is -0.142. The second kappa shape index (κ2) is 12.5. The molecule has 0 spiro atoms. The SMILES string of the molecule is COc1cc([C@H]2C3=CC[C@@H]4C(=O)N(CCC(=O)O)C(=O)[C@@H]4[C@@H]3C[C@H]3C(=O)C(c4ccccc4)=CC(=O)[C@@]23c2ccccc2)c(Br)c(Br)c1O. The number of carboxylic acids is 1. The van der Waals surface area contributed by atoms with Crippen LogP contribution < -0.4 is 4.74 Å². The molecule has 3 aliphatic carbocycles. The fraction of sp³-hybridized carbons (Fsp3) is 0.289. The number of hydrogen-bond acceptors (Lipinski definition) is 7. The zero-order valence-electron chi connectivity index (χ0n) is 26.3. The predicted molar refractivity (Wildman–Crippen MR) is 186 cm³/mol. The van der Waals surface area contributed by atoms with Gasteiger partial charge in [0.15, 0.2) is 23.1 Å². The van der Waals surface area contributed by atoms with Crippen molar-refractivity contribution in [2.45, 2.75) is 30.6 Å². The standard InChI is InChI=1S/C38H31Br2NO8/c1-49-27-17-25(32(39)33(40)35(27)46)31-21-12-13-22-30(37(48)41(36(22)47)15-14-29(43)44)24(21)16-26-34(45)23(19-8-4-2-5-9-19)18-28(42)38(26,31)20-10-6-3-7-11-20/h2-12,17-18,22,24,26,30-31,46H,13-16H2,1H3,(H,43,44)/t22-,24+,26-,30-,31+,38-/m0/s1. The zero-order valence-corrected chi connectivity index (χ0v) is 29.4. The summed E-state index contributed by atoms with van der Waals surface area (Å²) in [5.74, 6) is -6.51. The van der Waals surface area contributed by atoms with Crippen LogP contribution in [0.5, 0.6) is 11.5 Å². The van der Waals surface area contributed by atoms with Crippen molar-refractivity contribution in [3.8, 4) is 11.5 Å². The third-order valence-corrected chi connectivity index (χ3v) is 12.9. The summed E-state index contributed by atoms with van der Waals surface area (Å²) in [7, 11) is 1.42. The summed E-state index contributed by atoms with van der Waals surface area (Å²) in [6.45, 7) is -0.241. The van der Waals surface area contributed by atoms with E-state index in [0.29, 0.717) is 25.6 Å². The van der Waals surface area contributed by atoms with E-state index in [4.69, 9.17) is 4.74 Å². The molecule has 0 aromatic heterocycles. The fourth-order valence-corrected chi connectivity index (χ4v) is 9.64. The molecule has 0 radical (unpaired) electrons. The minimum Gasteiger partial charge on any atom is -0.503 e. The van der Waals surface area contributed by atoms with Gasteiger partial charge >= 0.3 is 5.97 Å². The maximum Gasteiger partial charge on any atom is 0.305 e. The zero-order chi connectivity index (χ0) is 34.8. The second-order valence-electron chi connectivity index (χ2n) is 12.9. The number of methoxy groups -OCH3 is 1. The number of Topliss-reactive ketones (excluding diaryl/α,β-unsaturated/α-hetero) is 1. The van der Waals surface area contributed by atoms with Crippen LogP contribution in [0.2, 0.25) is 0 Å². The van der Waals surface area contributed by atoms with Gasteiger partial charge in [0.1, 0.15) is 0 Å². The van der Waals surface area contributed by atoms with Gasteiger partial charge in [-0.1, -0.05) is 72.3 Å². The van der Waals surface area contributed by atoms with Gasteiger partial charge < -0.3 is 14.9 Å². The van der Waals surface area contributed by atoms with E-state index in [9.17, 15) is 29.4 Å². The fourth-order valence-electron chi connectivity index (χ4n) is 8.69. The van der Waals surface area contributed by atoms with E-state index < -0.39 is 52.8 Å². The molecule has 9 nitrogen and oxygen atoms in total. The number of aliphatic carboxylic acids is 1. The number of phenols is 1. The maximum absolute atomic E-state index is 15.2. The van der Waals surface area contributed by atoms with Gasteiger partial charge in [-0.3, -0.25) is 28.9 Å². The number of hydrogen-bond donors (Lipinski definition) is 2. The summed E-state index contributed by atoms with van der Waals surface area (Å²) in [6.07, 6.45) is 3.32. The number of allylic oxidation sites excluding steroid dienone is 4. The van der Waals surface area contributed by atoms with E-state index in [-0.39, 0.29) is 54.4 Å². The van der Waals surface area contributed by atoms with Gasteiger partial charge in [-0.15, -0.1) is 0 Å². The predicted octanol–water partition coefficient (Wildman–Crippen LogP) is 6.22. The summed E-state index contributed by atoms with van der Waals surface area (Å²) in [4.78, 5) is 70.4. The normalized spacial score (nSPS) is 27.6. The largest absolute Gasteiger partial charge is 0.503 e. The number of carboxylic acid groups (broad SMARTS) is 1. The molecule has 2 N–H and O–H groups in total. The first-order valence-corrected chi connectivity index (χ1v) is 17.5. The Morgan fingerprint density at radius 2 is 1.63 bits per heavy atom. The first-order valence-electron chi connectivity index (χ1n) is 15.9. The lowest BCUT2D eigenvalue weighted by Crippen LogP contribution is -2.59. The number of imide groups is 1. The molecule has 2 amide bonds. The van der Waals surface area contributed by atoms with Crippen molar-refractivity contribution in [3.63, 3.8) is 0 Å². The van der Waals surface area contributed by atoms with Crippen LogP contribution in [0.25, 0.3) is 5.57 Å². The molecule has 3 aromatic carbocycles. The number of phenolic OH excluding ortho intramolecular Hbond substituents is 1. The molecule has 1 aliphatic heterocycles. The smallest absolute Gasteiger partial charge is 0.305 e. The number of nitrogens with zero attached hydrogens (tertiary/aromatic N) is 1. The molecule has 2 fully saturated rings. The highest BCUT2D eigenvalue weighted by molar-refractivity contribution is 9.13. The topological polar surface area (TPSA) is 138 Å². The number of carbonyl (C=O) groups is 5. The molecule has 6 atom stereocenters. The number of ether oxygens (including phenoxy) is 1. The van der Waals surface area contributed by atoms with E-state index in [0.717, 1.165) is 10.5 Å². The quantitative estimate of drug-likeness (QED) is 0.213. The Labute approximate surface area is 298 Å². The molecule has 0 bridgehead atoms. The first kappa shape index (κ1) is 33.2. The Kier molecular flexibility index (Phi) is 8.47. The van der Waals surface area contributed by atoms with Crippen molar-refractivity contribution in [1.29, 1.82) is 0 Å². The molecule has 7 rings (SSSR count). The van der Waals surface area contributed by atoms with E-state index in [1.54, 1.807) is 30.3 Å². The van der Waals surface area contributed by atoms with Crippen LogP contribution in [0.1, 0.15) is 41.9 Å². The molecule has 3 aromatic rings. The molecular weight excluding hydrogens is 758 g/mol. The Bertz CT molecular complexity index is 1990. The van der Waals surface area contributed by atoms with Crippen molar-refractivity contribution in [3.05, 3.63) is 110 Å². The van der Waals surface area contributed by atoms with E-state index in [1.807, 2.05) is 42.5 Å². The number of likely N-dealkylation sites (tertiary alicyclic amines) is 1. The van der Waals surface area contributed by atoms with Crippen molar-refractivity contribution in [2.75, 3.05) is 13.7 Å². The number of fused-ring (bicyclic) bond motifs is 4. The molecule has 1 saturated carbocycles. The van der Waals surface area contributed by atoms with Gasteiger partial charge in [0.2, 0.25) is 11.8 Å². The number of halogens is 2. The second-order valence-corrected chi connectivity index (χ2v) is 14.5. The highest BCUT2D eigenvalue weighted by Gasteiger charge is 2.66. The monoisotopic (exact) mass is 787 g/mol. The van der Waals surface area contributed by atoms with Gasteiger partial charge in [0.25, 0.3) is 0 Å². The molecule has 1 saturated heterocycles. The summed E-state index contributed by atoms with van der Waals surface area (Å²) in [5, 5.41) is 20.3. The van der Waals surface area contributed by atoms with Crippen LogP contribution in [0.4, 0.5) is 0 Å². The van der Waals surface area contributed by atoms with Gasteiger partial charge in [-0.05, 0) is 79.5 Å². The minimum atomic E-state index is -1.47. The molecule has 1 heterocycles. The highest BCUT2D eigenvalue weighted by atomic mass is 79.9. The van der Waals surface area contributed by atoms with E-state index in [1.165, 1.54) is 13.2 Å². The van der Waals surface area contributed by atoms with Gasteiger partial charge in [-0.25, -0.2) is 0 Å². The lowest BCUT2D eigenvalue weighted by atomic mass is 9.44. The van der Waals surface area contributed by atoms with Crippen LogP contribution in [-0.4, -0.2) is 58.1 Å². The third-order valence-electron chi connectivity index (χ3n) is 10.7. The molecule has 0 unspecified atom stereocenters. The minimum absolute atomic E-state index is 0.118. The van der Waals surface area contributed by atoms with Gasteiger partial charge in [0.05, 0.1) is 35.3 Å². The first-order chi connectivity index (χ1) is 23.5. The van der Waals surface area contributed by atoms with Crippen molar-refractivity contribution in [2.24, 2.45) is 23.7 Å². The van der Waals surface area contributed by atoms with Gasteiger partial charge in [0, 0.05) is 28.4 Å². The Balaban J connectivity index is 1.51. The molecule has 11 heteroatoms. The lowest BCUT2D eigenvalue weighted by Gasteiger charge is -2.55. The highest BCUT2D eigenvalue weighted by Crippen LogP contribution is 2.65. The molecule has 4 aliphatic rings. The number of rotatable bonds is 7. The van der Waals surface area contributed by atoms with Crippen LogP contribution in [-0.2, 0) is 29.4 Å². The maximum atomic E-state index is 15.2. The van der Waals surface area contributed by atoms with Crippen LogP contribution in [0.3, 0.4) is 0 Å². The number of amides is 2. The van der Waals surface area contributed by atoms with Crippen LogP contribution in [0.15, 0.2) is 93.4 Å². The number of aromatic hydroxyl groups is 1. The summed E-state index contributed by atoms with van der Waals surface area (Å²) in [6, 6.07) is 19.8. The summed E-state index contributed by atoms with van der Waals surface area (Å²) < 4.78 is 6.31. The summed E-state index contributed by atoms with van der Waals surface area (Å²) >= 11 is 7.17. The number of carbonyl (C=O) groups excluding carboxylic acids is 4. The Morgan fingerprint density at radius 3 is 2.29 bits per heavy atom. The van der Waals surface area contributed by atoms with E-state index in [2.05, 4.69) is 31.9 Å². The van der Waals surface area contributed by atoms with E-state index >= 15 is 4.79 Å². The van der Waals surface area contributed by atoms with Crippen molar-refractivity contribution >= 4 is 66.8 Å². The number of benzene rings is 3.